The first kappa shape index (κ1) is 43.2. The van der Waals surface area contributed by atoms with E-state index >= 15 is 0 Å². The number of benzene rings is 1. The Morgan fingerprint density at radius 3 is 2.29 bits per heavy atom. The van der Waals surface area contributed by atoms with Crippen LogP contribution in [0.4, 0.5) is 0 Å². The summed E-state index contributed by atoms with van der Waals surface area (Å²) < 4.78 is 6.49. The zero-order valence-electron chi connectivity index (χ0n) is 26.0. The van der Waals surface area contributed by atoms with E-state index in [4.69, 9.17) is 21.1 Å². The lowest BCUT2D eigenvalue weighted by Gasteiger charge is -2.31. The molecular formula is C29H53ClN6O4S. The van der Waals surface area contributed by atoms with Gasteiger partial charge in [-0.2, -0.15) is 0 Å². The highest BCUT2D eigenvalue weighted by Crippen LogP contribution is 2.26. The van der Waals surface area contributed by atoms with E-state index in [2.05, 4.69) is 33.7 Å². The summed E-state index contributed by atoms with van der Waals surface area (Å²) in [5.74, 6) is 0.568. The van der Waals surface area contributed by atoms with Crippen LogP contribution >= 0.6 is 22.9 Å². The zero-order valence-corrected chi connectivity index (χ0v) is 27.6. The van der Waals surface area contributed by atoms with Gasteiger partial charge in [-0.3, -0.25) is 9.59 Å². The molecule has 41 heavy (non-hydrogen) atoms. The minimum absolute atomic E-state index is 0.0871. The molecular weight excluding hydrogens is 564 g/mol. The Morgan fingerprint density at radius 2 is 1.80 bits per heavy atom. The first-order valence-electron chi connectivity index (χ1n) is 13.6. The number of likely N-dealkylation sites (N-methyl/N-ethyl adjacent to an activating group) is 2. The number of ether oxygens (including phenoxy) is 1. The van der Waals surface area contributed by atoms with Crippen molar-refractivity contribution in [1.82, 2.24) is 20.5 Å². The maximum atomic E-state index is 12.4. The van der Waals surface area contributed by atoms with Gasteiger partial charge in [-0.15, -0.1) is 11.3 Å². The Hall–Kier alpha value is -2.25. The molecule has 1 saturated heterocycles. The molecule has 1 amide bonds. The van der Waals surface area contributed by atoms with E-state index in [-0.39, 0.29) is 11.9 Å². The fourth-order valence-electron chi connectivity index (χ4n) is 3.67. The van der Waals surface area contributed by atoms with Crippen LogP contribution in [0.2, 0.25) is 5.02 Å². The van der Waals surface area contributed by atoms with Gasteiger partial charge in [-0.1, -0.05) is 32.0 Å². The number of halogens is 1. The third kappa shape index (κ3) is 20.3. The normalized spacial score (nSPS) is 12.7. The third-order valence-corrected chi connectivity index (χ3v) is 6.57. The molecule has 1 atom stereocenters. The molecule has 1 aromatic heterocycles. The Labute approximate surface area is 256 Å². The van der Waals surface area contributed by atoms with Crippen LogP contribution in [0.15, 0.2) is 30.4 Å². The third-order valence-electron chi connectivity index (χ3n) is 5.25. The highest BCUT2D eigenvalue weighted by Gasteiger charge is 2.25. The standard InChI is InChI=1S/C18H24ClN3O2S.C6H11NO.C2H6.2CH5N.CH2O/c1-20-11-15(12-6-8-24-9-7-12)21-17(23)4-5-18-22-14-3-2-13(19)10-16(14)25-18;1-6(5-8)4-7(2)3;4*1-2/h2-3,10,12,15,20H,4-9,11H2,1H3,(H,21,23);5H,1,4H2,2-3H3;1-2H3;2*2H2,1H3;1H2. The van der Waals surface area contributed by atoms with Gasteiger partial charge in [0.1, 0.15) is 13.1 Å². The van der Waals surface area contributed by atoms with Crippen LogP contribution in [0.3, 0.4) is 0 Å². The van der Waals surface area contributed by atoms with Gasteiger partial charge in [-0.25, -0.2) is 4.98 Å². The molecule has 1 aliphatic heterocycles. The smallest absolute Gasteiger partial charge is 0.220 e. The van der Waals surface area contributed by atoms with Gasteiger partial charge in [-0.05, 0) is 77.8 Å². The van der Waals surface area contributed by atoms with Crippen molar-refractivity contribution >= 4 is 52.1 Å². The summed E-state index contributed by atoms with van der Waals surface area (Å²) in [5, 5.41) is 8.08. The zero-order chi connectivity index (χ0) is 32.2. The molecule has 6 N–H and O–H groups in total. The van der Waals surface area contributed by atoms with Gasteiger partial charge in [0.2, 0.25) is 5.91 Å². The van der Waals surface area contributed by atoms with Gasteiger partial charge in [0, 0.05) is 50.2 Å². The summed E-state index contributed by atoms with van der Waals surface area (Å²) >= 11 is 7.62. The number of nitrogens with one attached hydrogen (secondary N) is 2. The van der Waals surface area contributed by atoms with Crippen molar-refractivity contribution in [2.75, 3.05) is 61.5 Å². The molecule has 1 aliphatic rings. The van der Waals surface area contributed by atoms with Gasteiger partial charge >= 0.3 is 0 Å². The summed E-state index contributed by atoms with van der Waals surface area (Å²) in [7, 11) is 8.72. The molecule has 2 heterocycles. The monoisotopic (exact) mass is 616 g/mol. The summed E-state index contributed by atoms with van der Waals surface area (Å²) in [6.45, 7) is 12.5. The lowest BCUT2D eigenvalue weighted by molar-refractivity contribution is -0.122. The summed E-state index contributed by atoms with van der Waals surface area (Å²) in [6.07, 6.45) is 3.90. The molecule has 1 unspecified atom stereocenters. The second-order valence-electron chi connectivity index (χ2n) is 8.42. The van der Waals surface area contributed by atoms with Gasteiger partial charge < -0.3 is 36.5 Å². The number of rotatable bonds is 10. The van der Waals surface area contributed by atoms with E-state index in [1.54, 1.807) is 11.3 Å². The fourth-order valence-corrected chi connectivity index (χ4v) is 4.91. The lowest BCUT2D eigenvalue weighted by atomic mass is 9.91. The predicted octanol–water partition coefficient (Wildman–Crippen LogP) is 3.31. The SMILES string of the molecule is C=C(C=O)CN(C)C.C=O.CC.CN.CN.CNCC(NC(=O)CCc1nc2ccc(Cl)cc2s1)C1CCOCC1. The Bertz CT molecular complexity index is 939. The Kier molecular flexibility index (Phi) is 30.8. The number of carbonyl (C=O) groups is 3. The first-order chi connectivity index (χ1) is 19.8. The predicted molar refractivity (Wildman–Crippen MR) is 175 cm³/mol. The number of amides is 1. The van der Waals surface area contributed by atoms with Crippen molar-refractivity contribution < 1.29 is 19.1 Å². The number of aldehydes is 1. The highest BCUT2D eigenvalue weighted by molar-refractivity contribution is 7.18. The molecule has 0 aliphatic carbocycles. The Morgan fingerprint density at radius 1 is 1.22 bits per heavy atom. The van der Waals surface area contributed by atoms with Crippen molar-refractivity contribution in [1.29, 1.82) is 0 Å². The number of carbonyl (C=O) groups excluding carboxylic acids is 3. The number of thiazole rings is 1. The summed E-state index contributed by atoms with van der Waals surface area (Å²) in [5.41, 5.74) is 10.6. The maximum absolute atomic E-state index is 12.4. The van der Waals surface area contributed by atoms with Crippen LogP contribution < -0.4 is 22.1 Å². The number of fused-ring (bicyclic) bond motifs is 1. The number of hydrogen-bond acceptors (Lipinski definition) is 10. The van der Waals surface area contributed by atoms with E-state index < -0.39 is 0 Å². The van der Waals surface area contributed by atoms with Crippen LogP contribution in [0.1, 0.15) is 38.1 Å². The highest BCUT2D eigenvalue weighted by atomic mass is 35.5. The van der Waals surface area contributed by atoms with Crippen molar-refractivity contribution in [3.63, 3.8) is 0 Å². The number of nitrogens with two attached hydrogens (primary N) is 2. The Balaban J connectivity index is -0.000000761. The molecule has 0 radical (unpaired) electrons. The molecule has 0 spiro atoms. The van der Waals surface area contributed by atoms with Crippen molar-refractivity contribution in [3.8, 4) is 0 Å². The second kappa shape index (κ2) is 29.2. The quantitative estimate of drug-likeness (QED) is 0.233. The van der Waals surface area contributed by atoms with Crippen molar-refractivity contribution in [2.24, 2.45) is 17.4 Å². The minimum atomic E-state index is 0.0871. The van der Waals surface area contributed by atoms with Crippen LogP contribution in [0, 0.1) is 5.92 Å². The van der Waals surface area contributed by atoms with Crippen molar-refractivity contribution in [2.45, 2.75) is 45.6 Å². The van der Waals surface area contributed by atoms with E-state index in [1.807, 2.05) is 64.9 Å². The molecule has 2 aromatic rings. The molecule has 3 rings (SSSR count). The molecule has 1 fully saturated rings. The molecule has 0 bridgehead atoms. The second-order valence-corrected chi connectivity index (χ2v) is 9.97. The summed E-state index contributed by atoms with van der Waals surface area (Å²) in [4.78, 5) is 36.8. The molecule has 236 valence electrons. The fraction of sp³-hybridized carbons (Fsp3) is 0.586. The number of aromatic nitrogens is 1. The lowest BCUT2D eigenvalue weighted by Crippen LogP contribution is -2.47. The molecule has 10 nitrogen and oxygen atoms in total. The maximum Gasteiger partial charge on any atom is 0.220 e. The molecule has 0 saturated carbocycles. The average molecular weight is 617 g/mol. The van der Waals surface area contributed by atoms with Crippen LogP contribution in [0.5, 0.6) is 0 Å². The first-order valence-corrected chi connectivity index (χ1v) is 14.8. The minimum Gasteiger partial charge on any atom is -0.381 e. The number of hydrogen-bond donors (Lipinski definition) is 4. The van der Waals surface area contributed by atoms with E-state index in [1.165, 1.54) is 14.1 Å². The molecule has 12 heteroatoms. The average Bonchev–Trinajstić information content (AvgIpc) is 3.42. The number of aryl methyl sites for hydroxylation is 1. The topological polar surface area (TPSA) is 153 Å². The van der Waals surface area contributed by atoms with Crippen LogP contribution in [-0.4, -0.2) is 96.4 Å². The summed E-state index contributed by atoms with van der Waals surface area (Å²) in [6, 6.07) is 5.85. The van der Waals surface area contributed by atoms with E-state index in [0.717, 1.165) is 54.1 Å². The van der Waals surface area contributed by atoms with Gasteiger partial charge in [0.05, 0.1) is 15.2 Å². The van der Waals surface area contributed by atoms with Crippen molar-refractivity contribution in [3.05, 3.63) is 40.4 Å². The van der Waals surface area contributed by atoms with Gasteiger partial charge in [0.25, 0.3) is 0 Å². The van der Waals surface area contributed by atoms with Gasteiger partial charge in [0.15, 0.2) is 0 Å². The van der Waals surface area contributed by atoms with E-state index in [0.29, 0.717) is 35.9 Å². The molecule has 1 aromatic carbocycles. The van der Waals surface area contributed by atoms with Crippen LogP contribution in [-0.2, 0) is 25.5 Å². The largest absolute Gasteiger partial charge is 0.381 e. The van der Waals surface area contributed by atoms with E-state index in [9.17, 15) is 9.59 Å². The van der Waals surface area contributed by atoms with Crippen LogP contribution in [0.25, 0.3) is 10.2 Å². The number of nitrogens with zero attached hydrogens (tertiary/aromatic N) is 2.